The van der Waals surface area contributed by atoms with Crippen molar-refractivity contribution in [3.05, 3.63) is 33.9 Å². The molecule has 0 aliphatic heterocycles. The number of benzene rings is 1. The first-order valence-corrected chi connectivity index (χ1v) is 12.1. The molecule has 1 N–H and O–H groups in total. The minimum absolute atomic E-state index is 0.290. The number of nitro benzene ring substituents is 1. The summed E-state index contributed by atoms with van der Waals surface area (Å²) in [5.41, 5.74) is -4.81. The van der Waals surface area contributed by atoms with Gasteiger partial charge in [-0.3, -0.25) is 19.2 Å². The van der Waals surface area contributed by atoms with Gasteiger partial charge >= 0.3 is 18.2 Å². The Morgan fingerprint density at radius 1 is 1.05 bits per heavy atom. The van der Waals surface area contributed by atoms with Crippen molar-refractivity contribution in [2.24, 2.45) is 5.92 Å². The maximum absolute atomic E-state index is 13.5. The van der Waals surface area contributed by atoms with Gasteiger partial charge in [-0.1, -0.05) is 13.8 Å². The van der Waals surface area contributed by atoms with Gasteiger partial charge < -0.3 is 14.8 Å². The first-order chi connectivity index (χ1) is 16.6. The number of carbonyl (C=O) groups excluding carboxylic acids is 3. The third-order valence-corrected chi connectivity index (χ3v) is 5.29. The van der Waals surface area contributed by atoms with Crippen LogP contribution in [0.4, 0.5) is 29.3 Å². The van der Waals surface area contributed by atoms with E-state index in [1.165, 1.54) is 13.8 Å². The molecule has 0 aliphatic rings. The number of nitrogens with zero attached hydrogens (tertiary/aromatic N) is 2. The minimum atomic E-state index is -5.06. The van der Waals surface area contributed by atoms with Crippen molar-refractivity contribution in [1.82, 2.24) is 5.32 Å². The number of alkyl halides is 3. The molecule has 0 fully saturated rings. The predicted octanol–water partition coefficient (Wildman–Crippen LogP) is 5.49. The Kier molecular flexibility index (Phi) is 10.4. The Morgan fingerprint density at radius 2 is 1.59 bits per heavy atom. The van der Waals surface area contributed by atoms with Crippen LogP contribution < -0.4 is 9.62 Å². The number of nitro groups is 1. The van der Waals surface area contributed by atoms with E-state index in [1.807, 2.05) is 0 Å². The molecule has 0 bridgehead atoms. The summed E-state index contributed by atoms with van der Waals surface area (Å²) in [6, 6.07) is 0.810. The van der Waals surface area contributed by atoms with Crippen LogP contribution in [0.5, 0.6) is 0 Å². The fourth-order valence-corrected chi connectivity index (χ4v) is 3.80. The largest absolute Gasteiger partial charge is 0.458 e. The lowest BCUT2D eigenvalue weighted by atomic mass is 10.1. The monoisotopic (exact) mass is 551 g/mol. The first-order valence-electron chi connectivity index (χ1n) is 11.2. The summed E-state index contributed by atoms with van der Waals surface area (Å²) in [6.07, 6.45) is -6.01. The van der Waals surface area contributed by atoms with Gasteiger partial charge in [0.1, 0.15) is 22.8 Å². The second-order valence-electron chi connectivity index (χ2n) is 10.3. The molecule has 2 amide bonds. The molecule has 0 spiro atoms. The quantitative estimate of drug-likeness (QED) is 0.195. The van der Waals surface area contributed by atoms with E-state index in [-0.39, 0.29) is 11.4 Å². The van der Waals surface area contributed by atoms with Gasteiger partial charge in [0.05, 0.1) is 10.6 Å². The number of hydrogen-bond acceptors (Lipinski definition) is 8. The topological polar surface area (TPSA) is 128 Å². The lowest BCUT2D eigenvalue weighted by Gasteiger charge is -2.28. The Morgan fingerprint density at radius 3 is 2.03 bits per heavy atom. The van der Waals surface area contributed by atoms with E-state index in [0.717, 1.165) is 10.4 Å². The average molecular weight is 552 g/mol. The summed E-state index contributed by atoms with van der Waals surface area (Å²) in [7, 11) is 0. The number of esters is 1. The number of nitrogens with one attached hydrogen (secondary N) is 1. The van der Waals surface area contributed by atoms with Gasteiger partial charge in [-0.2, -0.15) is 13.2 Å². The van der Waals surface area contributed by atoms with Crippen LogP contribution in [0.15, 0.2) is 18.2 Å². The van der Waals surface area contributed by atoms with Gasteiger partial charge in [0.15, 0.2) is 0 Å². The third-order valence-electron chi connectivity index (χ3n) is 4.16. The normalized spacial score (nSPS) is 13.1. The lowest BCUT2D eigenvalue weighted by molar-refractivity contribution is -0.388. The number of anilines is 1. The molecule has 10 nitrogen and oxygen atoms in total. The van der Waals surface area contributed by atoms with Gasteiger partial charge in [0, 0.05) is 17.7 Å². The summed E-state index contributed by atoms with van der Waals surface area (Å²) in [4.78, 5) is 48.0. The van der Waals surface area contributed by atoms with Crippen LogP contribution >= 0.6 is 11.9 Å². The van der Waals surface area contributed by atoms with Gasteiger partial charge in [0.25, 0.3) is 5.69 Å². The summed E-state index contributed by atoms with van der Waals surface area (Å²) in [6.45, 7) is 12.7. The minimum Gasteiger partial charge on any atom is -0.458 e. The number of rotatable bonds is 8. The standard InChI is InChI=1S/C23H32F3N3O7S/c1-13(2)18(30)28(14-9-10-17(29(33)34)15(11-14)23(24,25)26)37-12-16(19(31)35-21(3,4)5)27-20(32)36-22(6,7)8/h9-11,13,16H,12H2,1-8H3,(H,27,32). The fourth-order valence-electron chi connectivity index (χ4n) is 2.68. The average Bonchev–Trinajstić information content (AvgIpc) is 2.69. The molecule has 1 rings (SSSR count). The number of hydrogen-bond donors (Lipinski definition) is 1. The van der Waals surface area contributed by atoms with E-state index in [4.69, 9.17) is 9.47 Å². The maximum Gasteiger partial charge on any atom is 0.423 e. The van der Waals surface area contributed by atoms with E-state index in [2.05, 4.69) is 5.32 Å². The highest BCUT2D eigenvalue weighted by Gasteiger charge is 2.39. The summed E-state index contributed by atoms with van der Waals surface area (Å²) < 4.78 is 52.0. The Balaban J connectivity index is 3.40. The Hall–Kier alpha value is -3.03. The summed E-state index contributed by atoms with van der Waals surface area (Å²) >= 11 is 0.643. The van der Waals surface area contributed by atoms with Crippen LogP contribution in [0.3, 0.4) is 0 Å². The lowest BCUT2D eigenvalue weighted by Crippen LogP contribution is -2.48. The highest BCUT2D eigenvalue weighted by atomic mass is 32.2. The van der Waals surface area contributed by atoms with Crippen LogP contribution in [0.1, 0.15) is 61.0 Å². The molecular weight excluding hydrogens is 519 g/mol. The van der Waals surface area contributed by atoms with Crippen molar-refractivity contribution in [2.45, 2.75) is 78.8 Å². The number of carbonyl (C=O) groups is 3. The van der Waals surface area contributed by atoms with E-state index in [1.54, 1.807) is 41.5 Å². The van der Waals surface area contributed by atoms with Crippen molar-refractivity contribution in [3.8, 4) is 0 Å². The molecule has 1 unspecified atom stereocenters. The SMILES string of the molecule is CC(C)C(=O)N(SCC(NC(=O)OC(C)(C)C)C(=O)OC(C)(C)C)c1ccc([N+](=O)[O-])c(C(F)(F)F)c1. The van der Waals surface area contributed by atoms with Gasteiger partial charge in [-0.05, 0) is 65.6 Å². The maximum atomic E-state index is 13.5. The van der Waals surface area contributed by atoms with E-state index in [0.29, 0.717) is 24.1 Å². The zero-order valence-corrected chi connectivity index (χ0v) is 22.7. The van der Waals surface area contributed by atoms with Gasteiger partial charge in [-0.25, -0.2) is 9.59 Å². The summed E-state index contributed by atoms with van der Waals surface area (Å²) in [5.74, 6) is -2.50. The molecular formula is C23H32F3N3O7S. The van der Waals surface area contributed by atoms with E-state index < -0.39 is 63.5 Å². The molecule has 0 aromatic heterocycles. The Bertz CT molecular complexity index is 1020. The number of alkyl carbamates (subject to hydrolysis) is 1. The first kappa shape index (κ1) is 32.0. The molecule has 0 aliphatic carbocycles. The van der Waals surface area contributed by atoms with Crippen LogP contribution in [0.25, 0.3) is 0 Å². The van der Waals surface area contributed by atoms with E-state index in [9.17, 15) is 37.7 Å². The van der Waals surface area contributed by atoms with Gasteiger partial charge in [-0.15, -0.1) is 0 Å². The zero-order chi connectivity index (χ0) is 28.9. The van der Waals surface area contributed by atoms with Crippen molar-refractivity contribution in [3.63, 3.8) is 0 Å². The molecule has 0 radical (unpaired) electrons. The molecule has 1 aromatic rings. The second kappa shape index (κ2) is 12.0. The highest BCUT2D eigenvalue weighted by molar-refractivity contribution is 8.01. The molecule has 0 saturated heterocycles. The molecule has 1 atom stereocenters. The molecule has 1 aromatic carbocycles. The van der Waals surface area contributed by atoms with Crippen molar-refractivity contribution in [1.29, 1.82) is 0 Å². The fraction of sp³-hybridized carbons (Fsp3) is 0.609. The molecule has 37 heavy (non-hydrogen) atoms. The Labute approximate surface area is 217 Å². The van der Waals surface area contributed by atoms with Crippen molar-refractivity contribution in [2.75, 3.05) is 10.1 Å². The molecule has 14 heteroatoms. The predicted molar refractivity (Wildman–Crippen MR) is 132 cm³/mol. The van der Waals surface area contributed by atoms with Crippen molar-refractivity contribution < 1.29 is 42.0 Å². The smallest absolute Gasteiger partial charge is 0.423 e. The zero-order valence-electron chi connectivity index (χ0n) is 21.9. The number of halogens is 3. The van der Waals surface area contributed by atoms with E-state index >= 15 is 0 Å². The van der Waals surface area contributed by atoms with Crippen LogP contribution in [0.2, 0.25) is 0 Å². The third kappa shape index (κ3) is 10.5. The number of ether oxygens (including phenoxy) is 2. The van der Waals surface area contributed by atoms with Crippen molar-refractivity contribution >= 4 is 41.3 Å². The summed E-state index contributed by atoms with van der Waals surface area (Å²) in [5, 5.41) is 13.5. The van der Waals surface area contributed by atoms with Crippen LogP contribution in [-0.2, 0) is 25.2 Å². The van der Waals surface area contributed by atoms with Crippen LogP contribution in [0, 0.1) is 16.0 Å². The molecule has 0 heterocycles. The second-order valence-corrected chi connectivity index (χ2v) is 11.2. The van der Waals surface area contributed by atoms with Gasteiger partial charge in [0.2, 0.25) is 5.91 Å². The van der Waals surface area contributed by atoms with Crippen LogP contribution in [-0.4, -0.2) is 45.9 Å². The highest BCUT2D eigenvalue weighted by Crippen LogP contribution is 2.39. The number of amides is 2. The molecule has 208 valence electrons. The molecule has 0 saturated carbocycles.